The number of likely N-dealkylation sites (tertiary alicyclic amines) is 2. The van der Waals surface area contributed by atoms with Crippen molar-refractivity contribution in [3.63, 3.8) is 0 Å². The standard InChI is InChI=1S/C30H37FN4O/c1-22-21-28(27-8-5-7-26(29(27)33-22)23-9-11-24(31)12-10-23)30(36)32-15-6-16-34-19-13-25(14-20-34)35-17-3-2-4-18-35/h5,7-12,21,25H,2-4,6,13-20H2,1H3,(H,32,36). The van der Waals surface area contributed by atoms with Crippen LogP contribution in [0.3, 0.4) is 0 Å². The largest absolute Gasteiger partial charge is 0.352 e. The van der Waals surface area contributed by atoms with Crippen LogP contribution in [0.5, 0.6) is 0 Å². The minimum absolute atomic E-state index is 0.0643. The zero-order valence-corrected chi connectivity index (χ0v) is 21.3. The highest BCUT2D eigenvalue weighted by molar-refractivity contribution is 6.09. The summed E-state index contributed by atoms with van der Waals surface area (Å²) in [6.07, 6.45) is 7.60. The molecule has 1 aromatic heterocycles. The summed E-state index contributed by atoms with van der Waals surface area (Å²) >= 11 is 0. The summed E-state index contributed by atoms with van der Waals surface area (Å²) in [6, 6.07) is 14.9. The molecule has 3 aromatic rings. The van der Waals surface area contributed by atoms with E-state index in [0.29, 0.717) is 12.1 Å². The molecule has 1 N–H and O–H groups in total. The Kier molecular flexibility index (Phi) is 7.93. The van der Waals surface area contributed by atoms with Crippen molar-refractivity contribution < 1.29 is 9.18 Å². The van der Waals surface area contributed by atoms with Crippen molar-refractivity contribution in [2.45, 2.75) is 51.5 Å². The number of aromatic nitrogens is 1. The number of benzene rings is 2. The maximum Gasteiger partial charge on any atom is 0.252 e. The highest BCUT2D eigenvalue weighted by atomic mass is 19.1. The third kappa shape index (κ3) is 5.76. The normalized spacial score (nSPS) is 17.9. The number of carbonyl (C=O) groups is 1. The van der Waals surface area contributed by atoms with Crippen LogP contribution in [0.25, 0.3) is 22.0 Å². The van der Waals surface area contributed by atoms with Gasteiger partial charge in [-0.2, -0.15) is 0 Å². The van der Waals surface area contributed by atoms with E-state index in [0.717, 1.165) is 59.8 Å². The van der Waals surface area contributed by atoms with Gasteiger partial charge in [0.05, 0.1) is 11.1 Å². The molecule has 2 aliphatic rings. The summed E-state index contributed by atoms with van der Waals surface area (Å²) < 4.78 is 13.4. The molecule has 0 bridgehead atoms. The second kappa shape index (κ2) is 11.5. The maximum absolute atomic E-state index is 13.4. The van der Waals surface area contributed by atoms with Gasteiger partial charge in [-0.05, 0) is 95.5 Å². The Morgan fingerprint density at radius 3 is 2.53 bits per heavy atom. The molecular weight excluding hydrogens is 451 g/mol. The van der Waals surface area contributed by atoms with Gasteiger partial charge in [0.15, 0.2) is 0 Å². The number of fused-ring (bicyclic) bond motifs is 1. The molecule has 3 heterocycles. The zero-order chi connectivity index (χ0) is 24.9. The average molecular weight is 489 g/mol. The number of pyridine rings is 1. The van der Waals surface area contributed by atoms with Crippen molar-refractivity contribution >= 4 is 16.8 Å². The minimum Gasteiger partial charge on any atom is -0.352 e. The number of hydrogen-bond donors (Lipinski definition) is 1. The monoisotopic (exact) mass is 488 g/mol. The molecule has 5 rings (SSSR count). The van der Waals surface area contributed by atoms with E-state index in [2.05, 4.69) is 15.1 Å². The number of nitrogens with zero attached hydrogens (tertiary/aromatic N) is 3. The van der Waals surface area contributed by atoms with Crippen LogP contribution in [-0.4, -0.2) is 66.0 Å². The molecule has 2 fully saturated rings. The lowest BCUT2D eigenvalue weighted by molar-refractivity contribution is 0.0903. The van der Waals surface area contributed by atoms with E-state index < -0.39 is 0 Å². The van der Waals surface area contributed by atoms with Gasteiger partial charge in [0.25, 0.3) is 5.91 Å². The van der Waals surface area contributed by atoms with Crippen molar-refractivity contribution in [1.82, 2.24) is 20.1 Å². The SMILES string of the molecule is Cc1cc(C(=O)NCCCN2CCC(N3CCCCC3)CC2)c2cccc(-c3ccc(F)cc3)c2n1. The average Bonchev–Trinajstić information content (AvgIpc) is 2.91. The number of amides is 1. The van der Waals surface area contributed by atoms with Gasteiger partial charge < -0.3 is 15.1 Å². The fourth-order valence-electron chi connectivity index (χ4n) is 5.82. The van der Waals surface area contributed by atoms with Crippen LogP contribution in [0.2, 0.25) is 0 Å². The summed E-state index contributed by atoms with van der Waals surface area (Å²) in [5.74, 6) is -0.333. The predicted molar refractivity (Wildman–Crippen MR) is 144 cm³/mol. The fourth-order valence-corrected chi connectivity index (χ4v) is 5.82. The van der Waals surface area contributed by atoms with Crippen LogP contribution in [-0.2, 0) is 0 Å². The summed E-state index contributed by atoms with van der Waals surface area (Å²) in [4.78, 5) is 23.2. The van der Waals surface area contributed by atoms with E-state index in [-0.39, 0.29) is 11.7 Å². The van der Waals surface area contributed by atoms with Crippen LogP contribution in [0, 0.1) is 12.7 Å². The van der Waals surface area contributed by atoms with Gasteiger partial charge in [0.2, 0.25) is 0 Å². The molecule has 36 heavy (non-hydrogen) atoms. The van der Waals surface area contributed by atoms with E-state index in [1.807, 2.05) is 31.2 Å². The number of hydrogen-bond acceptors (Lipinski definition) is 4. The molecule has 0 radical (unpaired) electrons. The van der Waals surface area contributed by atoms with Crippen molar-refractivity contribution in [2.24, 2.45) is 0 Å². The molecule has 0 spiro atoms. The Labute approximate surface area is 213 Å². The number of rotatable bonds is 7. The third-order valence-electron chi connectivity index (χ3n) is 7.77. The van der Waals surface area contributed by atoms with E-state index in [1.54, 1.807) is 12.1 Å². The molecule has 2 aliphatic heterocycles. The van der Waals surface area contributed by atoms with Crippen molar-refractivity contribution in [2.75, 3.05) is 39.3 Å². The molecule has 190 valence electrons. The molecular formula is C30H37FN4O. The third-order valence-corrected chi connectivity index (χ3v) is 7.77. The first-order valence-corrected chi connectivity index (χ1v) is 13.5. The van der Waals surface area contributed by atoms with E-state index in [9.17, 15) is 9.18 Å². The molecule has 0 saturated carbocycles. The maximum atomic E-state index is 13.4. The Hall–Kier alpha value is -2.83. The van der Waals surface area contributed by atoms with Crippen LogP contribution >= 0.6 is 0 Å². The van der Waals surface area contributed by atoms with Crippen LogP contribution in [0.4, 0.5) is 4.39 Å². The summed E-state index contributed by atoms with van der Waals surface area (Å²) in [7, 11) is 0. The number of para-hydroxylation sites is 1. The van der Waals surface area contributed by atoms with Crippen LogP contribution < -0.4 is 5.32 Å². The molecule has 2 aromatic carbocycles. The Balaban J connectivity index is 1.17. The number of halogens is 1. The Morgan fingerprint density at radius 2 is 1.78 bits per heavy atom. The van der Waals surface area contributed by atoms with Gasteiger partial charge >= 0.3 is 0 Å². The lowest BCUT2D eigenvalue weighted by Gasteiger charge is -2.40. The molecule has 5 nitrogen and oxygen atoms in total. The van der Waals surface area contributed by atoms with E-state index in [4.69, 9.17) is 4.98 Å². The van der Waals surface area contributed by atoms with Crippen molar-refractivity contribution in [3.05, 3.63) is 65.6 Å². The van der Waals surface area contributed by atoms with Crippen molar-refractivity contribution in [3.8, 4) is 11.1 Å². The van der Waals surface area contributed by atoms with Gasteiger partial charge in [-0.3, -0.25) is 9.78 Å². The van der Waals surface area contributed by atoms with Crippen LogP contribution in [0.15, 0.2) is 48.5 Å². The first kappa shape index (κ1) is 24.8. The quantitative estimate of drug-likeness (QED) is 0.451. The topological polar surface area (TPSA) is 48.5 Å². The van der Waals surface area contributed by atoms with E-state index in [1.165, 1.54) is 57.3 Å². The molecule has 0 aliphatic carbocycles. The Bertz CT molecular complexity index is 1180. The molecule has 0 unspecified atom stereocenters. The smallest absolute Gasteiger partial charge is 0.252 e. The Morgan fingerprint density at radius 1 is 1.03 bits per heavy atom. The lowest BCUT2D eigenvalue weighted by Crippen LogP contribution is -2.47. The molecule has 0 atom stereocenters. The number of piperidine rings is 2. The first-order valence-electron chi connectivity index (χ1n) is 13.5. The van der Waals surface area contributed by atoms with Gasteiger partial charge in [0, 0.05) is 29.2 Å². The molecule has 2 saturated heterocycles. The summed E-state index contributed by atoms with van der Waals surface area (Å²) in [5.41, 5.74) is 3.99. The van der Waals surface area contributed by atoms with Gasteiger partial charge in [0.1, 0.15) is 5.82 Å². The number of nitrogens with one attached hydrogen (secondary N) is 1. The molecule has 1 amide bonds. The van der Waals surface area contributed by atoms with Gasteiger partial charge in [-0.15, -0.1) is 0 Å². The highest BCUT2D eigenvalue weighted by Gasteiger charge is 2.25. The number of aryl methyl sites for hydroxylation is 1. The minimum atomic E-state index is -0.269. The summed E-state index contributed by atoms with van der Waals surface area (Å²) in [6.45, 7) is 8.48. The first-order chi connectivity index (χ1) is 17.6. The van der Waals surface area contributed by atoms with E-state index >= 15 is 0 Å². The van der Waals surface area contributed by atoms with Gasteiger partial charge in [-0.25, -0.2) is 4.39 Å². The summed E-state index contributed by atoms with van der Waals surface area (Å²) in [5, 5.41) is 3.95. The second-order valence-corrected chi connectivity index (χ2v) is 10.3. The highest BCUT2D eigenvalue weighted by Crippen LogP contribution is 2.30. The number of carbonyl (C=O) groups excluding carboxylic acids is 1. The van der Waals surface area contributed by atoms with Gasteiger partial charge in [-0.1, -0.05) is 36.8 Å². The predicted octanol–water partition coefficient (Wildman–Crippen LogP) is 5.42. The second-order valence-electron chi connectivity index (χ2n) is 10.3. The van der Waals surface area contributed by atoms with Crippen molar-refractivity contribution in [1.29, 1.82) is 0 Å². The molecule has 6 heteroatoms. The lowest BCUT2D eigenvalue weighted by atomic mass is 9.98. The zero-order valence-electron chi connectivity index (χ0n) is 21.3. The fraction of sp³-hybridized carbons (Fsp3) is 0.467. The van der Waals surface area contributed by atoms with Crippen LogP contribution in [0.1, 0.15) is 54.6 Å².